The van der Waals surface area contributed by atoms with Crippen LogP contribution < -0.4 is 0 Å². The Bertz CT molecular complexity index is 668. The van der Waals surface area contributed by atoms with Gasteiger partial charge in [0.25, 0.3) is 0 Å². The lowest BCUT2D eigenvalue weighted by molar-refractivity contribution is 0.490. The van der Waals surface area contributed by atoms with E-state index in [0.29, 0.717) is 0 Å². The Labute approximate surface area is 397 Å². The van der Waals surface area contributed by atoms with Crippen LogP contribution in [-0.4, -0.2) is 13.1 Å². The monoisotopic (exact) mass is 889 g/mol. The zero-order chi connectivity index (χ0) is 44.8. The summed E-state index contributed by atoms with van der Waals surface area (Å²) in [5.41, 5.74) is 0. The summed E-state index contributed by atoms with van der Waals surface area (Å²) in [7, 11) is -2.08. The van der Waals surface area contributed by atoms with Crippen LogP contribution in [0.25, 0.3) is 0 Å². The highest BCUT2D eigenvalue weighted by molar-refractivity contribution is 6.72. The van der Waals surface area contributed by atoms with Crippen molar-refractivity contribution in [3.63, 3.8) is 0 Å². The third-order valence-corrected chi connectivity index (χ3v) is 18.8. The first-order valence-corrected chi connectivity index (χ1v) is 33.0. The van der Waals surface area contributed by atoms with Crippen LogP contribution in [0.15, 0.2) is 0 Å². The van der Waals surface area contributed by atoms with E-state index in [0.717, 1.165) is 0 Å². The summed E-state index contributed by atoms with van der Waals surface area (Å²) in [6, 6.07) is 3.59. The third-order valence-electron chi connectivity index (χ3n) is 15.0. The van der Waals surface area contributed by atoms with E-state index in [2.05, 4.69) is 20.8 Å². The maximum atomic E-state index is 12.1. The molecule has 0 aliphatic rings. The minimum atomic E-state index is -2.08. The molecular weight excluding hydrogens is 765 g/mol. The highest BCUT2D eigenvalue weighted by atomic mass is 28.4. The molecule has 0 saturated carbocycles. The van der Waals surface area contributed by atoms with Gasteiger partial charge >= 0.3 is 0 Å². The molecule has 0 bridgehead atoms. The lowest BCUT2D eigenvalue weighted by Gasteiger charge is -2.25. The summed E-state index contributed by atoms with van der Waals surface area (Å²) in [6.07, 6.45) is 77.7. The number of hydrogen-bond acceptors (Lipinski definition) is 1. The fourth-order valence-electron chi connectivity index (χ4n) is 10.4. The van der Waals surface area contributed by atoms with E-state index in [1.807, 2.05) is 0 Å². The average Bonchev–Trinajstić information content (AvgIpc) is 3.28. The van der Waals surface area contributed by atoms with Crippen LogP contribution in [-0.2, 0) is 0 Å². The van der Waals surface area contributed by atoms with Gasteiger partial charge in [-0.25, -0.2) is 0 Å². The van der Waals surface area contributed by atoms with Gasteiger partial charge in [0, 0.05) is 0 Å². The van der Waals surface area contributed by atoms with Crippen molar-refractivity contribution in [1.29, 1.82) is 0 Å². The SMILES string of the molecule is CCCCCCCCCCCCCCCCCCCC[Si](O)(CCCCCCCCCCCCCCCCCCCC)CCCCCCCCCCCCCCCCCCCC. The normalized spacial score (nSPS) is 12.0. The van der Waals surface area contributed by atoms with Gasteiger partial charge < -0.3 is 4.80 Å². The smallest absolute Gasteiger partial charge is 0.188 e. The van der Waals surface area contributed by atoms with E-state index >= 15 is 0 Å². The molecule has 0 heterocycles. The molecule has 0 atom stereocenters. The average molecular weight is 890 g/mol. The minimum absolute atomic E-state index is 1.20. The second-order valence-corrected chi connectivity index (χ2v) is 25.5. The molecule has 62 heavy (non-hydrogen) atoms. The summed E-state index contributed by atoms with van der Waals surface area (Å²) in [4.78, 5) is 12.1. The molecule has 0 radical (unpaired) electrons. The topological polar surface area (TPSA) is 20.2 Å². The largest absolute Gasteiger partial charge is 0.432 e. The molecule has 0 amide bonds. The van der Waals surface area contributed by atoms with Crippen LogP contribution >= 0.6 is 0 Å². The van der Waals surface area contributed by atoms with E-state index in [4.69, 9.17) is 0 Å². The van der Waals surface area contributed by atoms with Crippen molar-refractivity contribution in [1.82, 2.24) is 0 Å². The molecule has 1 nitrogen and oxygen atoms in total. The Morgan fingerprint density at radius 1 is 0.161 bits per heavy atom. The standard InChI is InChI=1S/C60H124OSi/c1-4-7-10-13-16-19-22-25-28-31-34-37-40-43-46-49-52-55-58-62(61,59-56-53-50-47-44-41-38-35-32-29-26-23-20-17-14-11-8-5-2)60-57-54-51-48-45-42-39-36-33-30-27-24-21-18-15-12-9-6-3/h61H,4-60H2,1-3H3. The molecule has 0 aromatic rings. The highest BCUT2D eigenvalue weighted by Gasteiger charge is 2.29. The molecule has 0 aliphatic carbocycles. The first kappa shape index (κ1) is 62.2. The fourth-order valence-corrected chi connectivity index (χ4v) is 13.9. The molecule has 2 heteroatoms. The predicted molar refractivity (Wildman–Crippen MR) is 289 cm³/mol. The van der Waals surface area contributed by atoms with Crippen molar-refractivity contribution in [2.24, 2.45) is 0 Å². The van der Waals surface area contributed by atoms with Crippen LogP contribution in [0.4, 0.5) is 0 Å². The summed E-state index contributed by atoms with van der Waals surface area (Å²) in [5.74, 6) is 0. The summed E-state index contributed by atoms with van der Waals surface area (Å²) in [5, 5.41) is 0. The molecule has 0 aliphatic heterocycles. The number of unbranched alkanes of at least 4 members (excludes halogenated alkanes) is 51. The summed E-state index contributed by atoms with van der Waals surface area (Å²) in [6.45, 7) is 6.94. The Hall–Kier alpha value is 0.177. The minimum Gasteiger partial charge on any atom is -0.432 e. The quantitative estimate of drug-likeness (QED) is 0.0477. The first-order chi connectivity index (χ1) is 30.7. The Morgan fingerprint density at radius 2 is 0.258 bits per heavy atom. The van der Waals surface area contributed by atoms with Gasteiger partial charge in [-0.3, -0.25) is 0 Å². The summed E-state index contributed by atoms with van der Waals surface area (Å²) >= 11 is 0. The molecule has 0 aromatic carbocycles. The zero-order valence-electron chi connectivity index (χ0n) is 44.3. The van der Waals surface area contributed by atoms with E-state index in [1.165, 1.54) is 365 Å². The molecule has 0 rings (SSSR count). The lowest BCUT2D eigenvalue weighted by Crippen LogP contribution is -2.34. The second kappa shape index (κ2) is 55.5. The predicted octanol–water partition coefficient (Wildman–Crippen LogP) is 23.0. The van der Waals surface area contributed by atoms with Crippen molar-refractivity contribution >= 4 is 8.32 Å². The van der Waals surface area contributed by atoms with Gasteiger partial charge in [0.2, 0.25) is 0 Å². The van der Waals surface area contributed by atoms with Crippen molar-refractivity contribution in [3.8, 4) is 0 Å². The van der Waals surface area contributed by atoms with Gasteiger partial charge in [0.15, 0.2) is 8.32 Å². The van der Waals surface area contributed by atoms with Crippen LogP contribution in [0, 0.1) is 0 Å². The van der Waals surface area contributed by atoms with E-state index < -0.39 is 8.32 Å². The molecule has 0 unspecified atom stereocenters. The van der Waals surface area contributed by atoms with Gasteiger partial charge in [0.1, 0.15) is 0 Å². The Kier molecular flexibility index (Phi) is 55.7. The Balaban J connectivity index is 4.08. The molecule has 0 saturated heterocycles. The molecule has 374 valence electrons. The number of hydrogen-bond donors (Lipinski definition) is 1. The third kappa shape index (κ3) is 52.8. The van der Waals surface area contributed by atoms with Crippen LogP contribution in [0.3, 0.4) is 0 Å². The van der Waals surface area contributed by atoms with E-state index in [1.54, 1.807) is 0 Å². The second-order valence-electron chi connectivity index (χ2n) is 21.5. The van der Waals surface area contributed by atoms with Crippen LogP contribution in [0.1, 0.15) is 367 Å². The van der Waals surface area contributed by atoms with Crippen molar-refractivity contribution in [3.05, 3.63) is 0 Å². The van der Waals surface area contributed by atoms with Gasteiger partial charge in [-0.2, -0.15) is 0 Å². The maximum absolute atomic E-state index is 12.1. The van der Waals surface area contributed by atoms with Gasteiger partial charge in [-0.05, 0) is 18.1 Å². The van der Waals surface area contributed by atoms with Crippen LogP contribution in [0.2, 0.25) is 18.1 Å². The molecule has 0 spiro atoms. The van der Waals surface area contributed by atoms with Crippen molar-refractivity contribution in [2.75, 3.05) is 0 Å². The fraction of sp³-hybridized carbons (Fsp3) is 1.00. The highest BCUT2D eigenvalue weighted by Crippen LogP contribution is 2.28. The molecule has 0 fully saturated rings. The van der Waals surface area contributed by atoms with Gasteiger partial charge in [-0.1, -0.05) is 367 Å². The molecule has 0 aromatic heterocycles. The van der Waals surface area contributed by atoms with Crippen molar-refractivity contribution in [2.45, 2.75) is 386 Å². The van der Waals surface area contributed by atoms with E-state index in [9.17, 15) is 4.80 Å². The number of rotatable bonds is 57. The zero-order valence-corrected chi connectivity index (χ0v) is 45.3. The lowest BCUT2D eigenvalue weighted by atomic mass is 10.0. The Morgan fingerprint density at radius 3 is 0.371 bits per heavy atom. The maximum Gasteiger partial charge on any atom is 0.188 e. The van der Waals surface area contributed by atoms with E-state index in [-0.39, 0.29) is 0 Å². The van der Waals surface area contributed by atoms with Gasteiger partial charge in [-0.15, -0.1) is 0 Å². The van der Waals surface area contributed by atoms with Crippen LogP contribution in [0.5, 0.6) is 0 Å². The van der Waals surface area contributed by atoms with Crippen molar-refractivity contribution < 1.29 is 4.80 Å². The van der Waals surface area contributed by atoms with Gasteiger partial charge in [0.05, 0.1) is 0 Å². The first-order valence-electron chi connectivity index (χ1n) is 30.4. The molecule has 1 N–H and O–H groups in total. The molecular formula is C60H124OSi. The summed E-state index contributed by atoms with van der Waals surface area (Å²) < 4.78 is 0.